The SMILES string of the molecule is CCCN(CC(=O)Nc1ccccc1C)C(=O)COc1ccc(C(=O)c2ccccc2)cc1. The number of ether oxygens (including phenoxy) is 1. The molecule has 1 N–H and O–H groups in total. The summed E-state index contributed by atoms with van der Waals surface area (Å²) in [7, 11) is 0. The van der Waals surface area contributed by atoms with E-state index in [2.05, 4.69) is 5.32 Å². The Labute approximate surface area is 194 Å². The van der Waals surface area contributed by atoms with Crippen LogP contribution in [0.25, 0.3) is 0 Å². The summed E-state index contributed by atoms with van der Waals surface area (Å²) in [5.41, 5.74) is 2.84. The minimum atomic E-state index is -0.277. The molecule has 0 fully saturated rings. The van der Waals surface area contributed by atoms with Gasteiger partial charge in [0.05, 0.1) is 6.54 Å². The molecule has 0 unspecified atom stereocenters. The Bertz CT molecular complexity index is 1090. The van der Waals surface area contributed by atoms with Crippen LogP contribution in [0, 0.1) is 6.92 Å². The lowest BCUT2D eigenvalue weighted by Crippen LogP contribution is -2.41. The summed E-state index contributed by atoms with van der Waals surface area (Å²) in [6.07, 6.45) is 0.722. The van der Waals surface area contributed by atoms with Crippen LogP contribution in [0.3, 0.4) is 0 Å². The molecule has 2 amide bonds. The zero-order chi connectivity index (χ0) is 23.6. The first-order valence-corrected chi connectivity index (χ1v) is 10.9. The highest BCUT2D eigenvalue weighted by Gasteiger charge is 2.18. The molecule has 0 atom stereocenters. The van der Waals surface area contributed by atoms with Crippen molar-refractivity contribution in [1.82, 2.24) is 4.90 Å². The van der Waals surface area contributed by atoms with Crippen molar-refractivity contribution in [1.29, 1.82) is 0 Å². The van der Waals surface area contributed by atoms with Gasteiger partial charge >= 0.3 is 0 Å². The van der Waals surface area contributed by atoms with Crippen molar-refractivity contribution in [3.63, 3.8) is 0 Å². The molecular weight excluding hydrogens is 416 g/mol. The highest BCUT2D eigenvalue weighted by Crippen LogP contribution is 2.16. The lowest BCUT2D eigenvalue weighted by molar-refractivity contribution is -0.136. The zero-order valence-corrected chi connectivity index (χ0v) is 18.9. The summed E-state index contributed by atoms with van der Waals surface area (Å²) in [4.78, 5) is 39.1. The van der Waals surface area contributed by atoms with Crippen LogP contribution in [-0.2, 0) is 9.59 Å². The van der Waals surface area contributed by atoms with E-state index in [0.717, 1.165) is 17.7 Å². The highest BCUT2D eigenvalue weighted by molar-refractivity contribution is 6.09. The van der Waals surface area contributed by atoms with Crippen molar-refractivity contribution < 1.29 is 19.1 Å². The number of ketones is 1. The van der Waals surface area contributed by atoms with Gasteiger partial charge in [0.15, 0.2) is 12.4 Å². The van der Waals surface area contributed by atoms with E-state index in [1.807, 2.05) is 56.3 Å². The van der Waals surface area contributed by atoms with Crippen LogP contribution in [0.5, 0.6) is 5.75 Å². The van der Waals surface area contributed by atoms with Gasteiger partial charge in [0, 0.05) is 23.4 Å². The van der Waals surface area contributed by atoms with Gasteiger partial charge in [-0.25, -0.2) is 0 Å². The second-order valence-electron chi connectivity index (χ2n) is 7.69. The second kappa shape index (κ2) is 11.6. The minimum Gasteiger partial charge on any atom is -0.484 e. The van der Waals surface area contributed by atoms with Crippen molar-refractivity contribution >= 4 is 23.3 Å². The third-order valence-electron chi connectivity index (χ3n) is 5.11. The normalized spacial score (nSPS) is 10.4. The summed E-state index contributed by atoms with van der Waals surface area (Å²) < 4.78 is 5.62. The van der Waals surface area contributed by atoms with Crippen molar-refractivity contribution in [3.8, 4) is 5.75 Å². The zero-order valence-electron chi connectivity index (χ0n) is 18.9. The van der Waals surface area contributed by atoms with Gasteiger partial charge in [-0.2, -0.15) is 0 Å². The van der Waals surface area contributed by atoms with Gasteiger partial charge in [-0.05, 0) is 49.2 Å². The van der Waals surface area contributed by atoms with Gasteiger partial charge in [0.25, 0.3) is 5.91 Å². The molecule has 0 radical (unpaired) electrons. The second-order valence-corrected chi connectivity index (χ2v) is 7.69. The molecule has 0 saturated heterocycles. The van der Waals surface area contributed by atoms with Gasteiger partial charge in [0.1, 0.15) is 5.75 Å². The number of carbonyl (C=O) groups is 3. The molecule has 0 spiro atoms. The number of anilines is 1. The highest BCUT2D eigenvalue weighted by atomic mass is 16.5. The summed E-state index contributed by atoms with van der Waals surface area (Å²) >= 11 is 0. The Balaban J connectivity index is 1.55. The van der Waals surface area contributed by atoms with E-state index in [0.29, 0.717) is 23.4 Å². The van der Waals surface area contributed by atoms with Crippen LogP contribution in [0.2, 0.25) is 0 Å². The van der Waals surface area contributed by atoms with Crippen LogP contribution in [-0.4, -0.2) is 42.2 Å². The van der Waals surface area contributed by atoms with Gasteiger partial charge < -0.3 is 15.0 Å². The van der Waals surface area contributed by atoms with E-state index >= 15 is 0 Å². The molecule has 0 aromatic heterocycles. The quantitative estimate of drug-likeness (QED) is 0.468. The maximum absolute atomic E-state index is 12.7. The number of para-hydroxylation sites is 1. The lowest BCUT2D eigenvalue weighted by atomic mass is 10.0. The Morgan fingerprint density at radius 2 is 1.48 bits per heavy atom. The molecule has 33 heavy (non-hydrogen) atoms. The smallest absolute Gasteiger partial charge is 0.260 e. The average Bonchev–Trinajstić information content (AvgIpc) is 2.84. The van der Waals surface area contributed by atoms with Crippen molar-refractivity contribution in [2.75, 3.05) is 25.0 Å². The van der Waals surface area contributed by atoms with Crippen LogP contribution < -0.4 is 10.1 Å². The molecule has 0 heterocycles. The van der Waals surface area contributed by atoms with Gasteiger partial charge in [-0.1, -0.05) is 55.5 Å². The van der Waals surface area contributed by atoms with Gasteiger partial charge in [0.2, 0.25) is 5.91 Å². The molecule has 6 heteroatoms. The standard InChI is InChI=1S/C27H28N2O4/c1-3-17-29(18-25(30)28-24-12-8-7-9-20(24)2)26(31)19-33-23-15-13-22(14-16-23)27(32)21-10-5-4-6-11-21/h4-16H,3,17-19H2,1-2H3,(H,28,30). The summed E-state index contributed by atoms with van der Waals surface area (Å²) in [5.74, 6) is -0.128. The van der Waals surface area contributed by atoms with E-state index in [4.69, 9.17) is 4.74 Å². The number of aryl methyl sites for hydroxylation is 1. The van der Waals surface area contributed by atoms with Crippen molar-refractivity contribution in [2.45, 2.75) is 20.3 Å². The molecule has 170 valence electrons. The minimum absolute atomic E-state index is 0.0467. The number of amides is 2. The number of nitrogens with zero attached hydrogens (tertiary/aromatic N) is 1. The maximum Gasteiger partial charge on any atom is 0.260 e. The first kappa shape index (κ1) is 23.7. The molecule has 0 aliphatic heterocycles. The number of nitrogens with one attached hydrogen (secondary N) is 1. The first-order valence-electron chi connectivity index (χ1n) is 10.9. The van der Waals surface area contributed by atoms with E-state index in [-0.39, 0.29) is 30.7 Å². The van der Waals surface area contributed by atoms with Crippen LogP contribution >= 0.6 is 0 Å². The Morgan fingerprint density at radius 3 is 2.15 bits per heavy atom. The van der Waals surface area contributed by atoms with Crippen LogP contribution in [0.4, 0.5) is 5.69 Å². The number of hydrogen-bond donors (Lipinski definition) is 1. The Hall–Kier alpha value is -3.93. The molecule has 3 rings (SSSR count). The Kier molecular flexibility index (Phi) is 8.36. The number of rotatable bonds is 10. The van der Waals surface area contributed by atoms with Gasteiger partial charge in [-0.3, -0.25) is 14.4 Å². The van der Waals surface area contributed by atoms with Crippen molar-refractivity contribution in [2.24, 2.45) is 0 Å². The molecule has 3 aromatic carbocycles. The Morgan fingerprint density at radius 1 is 0.848 bits per heavy atom. The predicted molar refractivity (Wildman–Crippen MR) is 128 cm³/mol. The van der Waals surface area contributed by atoms with E-state index in [9.17, 15) is 14.4 Å². The van der Waals surface area contributed by atoms with E-state index in [1.165, 1.54) is 4.90 Å². The molecule has 0 bridgehead atoms. The molecule has 3 aromatic rings. The largest absolute Gasteiger partial charge is 0.484 e. The first-order chi connectivity index (χ1) is 16.0. The third kappa shape index (κ3) is 6.77. The molecule has 6 nitrogen and oxygen atoms in total. The monoisotopic (exact) mass is 444 g/mol. The van der Waals surface area contributed by atoms with Crippen LogP contribution in [0.15, 0.2) is 78.9 Å². The summed E-state index contributed by atoms with van der Waals surface area (Å²) in [6, 6.07) is 23.2. The van der Waals surface area contributed by atoms with E-state index < -0.39 is 0 Å². The summed E-state index contributed by atoms with van der Waals surface area (Å²) in [6.45, 7) is 4.08. The average molecular weight is 445 g/mol. The summed E-state index contributed by atoms with van der Waals surface area (Å²) in [5, 5.41) is 2.85. The fraction of sp³-hybridized carbons (Fsp3) is 0.222. The number of carbonyl (C=O) groups excluding carboxylic acids is 3. The van der Waals surface area contributed by atoms with Crippen molar-refractivity contribution in [3.05, 3.63) is 95.6 Å². The lowest BCUT2D eigenvalue weighted by Gasteiger charge is -2.22. The molecular formula is C27H28N2O4. The molecule has 0 aliphatic rings. The number of hydrogen-bond acceptors (Lipinski definition) is 4. The van der Waals surface area contributed by atoms with Crippen LogP contribution in [0.1, 0.15) is 34.8 Å². The number of benzene rings is 3. The molecule has 0 saturated carbocycles. The predicted octanol–water partition coefficient (Wildman–Crippen LogP) is 4.48. The fourth-order valence-corrected chi connectivity index (χ4v) is 3.33. The third-order valence-corrected chi connectivity index (χ3v) is 5.11. The van der Waals surface area contributed by atoms with Gasteiger partial charge in [-0.15, -0.1) is 0 Å². The fourth-order valence-electron chi connectivity index (χ4n) is 3.33. The topological polar surface area (TPSA) is 75.7 Å². The maximum atomic E-state index is 12.7. The van der Waals surface area contributed by atoms with E-state index in [1.54, 1.807) is 36.4 Å². The molecule has 0 aliphatic carbocycles.